The van der Waals surface area contributed by atoms with E-state index < -0.39 is 0 Å². The Balaban J connectivity index is 1.57. The number of rotatable bonds is 6. The van der Waals surface area contributed by atoms with E-state index in [2.05, 4.69) is 9.80 Å². The molecule has 4 heteroatoms. The van der Waals surface area contributed by atoms with Crippen LogP contribution in [0, 0.1) is 11.6 Å². The van der Waals surface area contributed by atoms with Gasteiger partial charge in [-0.1, -0.05) is 36.4 Å². The Hall–Kier alpha value is -4.44. The summed E-state index contributed by atoms with van der Waals surface area (Å²) in [5.74, 6) is -0.546. The Morgan fingerprint density at radius 3 is 0.824 bits per heavy atom. The summed E-state index contributed by atoms with van der Waals surface area (Å²) in [7, 11) is 0. The Bertz CT molecular complexity index is 1230. The predicted molar refractivity (Wildman–Crippen MR) is 136 cm³/mol. The molecule has 0 N–H and O–H groups in total. The van der Waals surface area contributed by atoms with E-state index in [0.29, 0.717) is 0 Å². The fourth-order valence-electron chi connectivity index (χ4n) is 3.98. The molecule has 0 unspecified atom stereocenters. The second-order valence-corrected chi connectivity index (χ2v) is 7.81. The van der Waals surface area contributed by atoms with Gasteiger partial charge in [-0.3, -0.25) is 0 Å². The molecule has 0 fully saturated rings. The molecule has 5 aromatic rings. The quantitative estimate of drug-likeness (QED) is 0.256. The fraction of sp³-hybridized carbons (Fsp3) is 0. The number of benzene rings is 5. The van der Waals surface area contributed by atoms with E-state index in [-0.39, 0.29) is 11.6 Å². The van der Waals surface area contributed by atoms with E-state index in [9.17, 15) is 8.78 Å². The first-order valence-electron chi connectivity index (χ1n) is 11.0. The summed E-state index contributed by atoms with van der Waals surface area (Å²) in [4.78, 5) is 4.15. The highest BCUT2D eigenvalue weighted by atomic mass is 19.1. The molecule has 0 aromatic heterocycles. The summed E-state index contributed by atoms with van der Waals surface area (Å²) in [5, 5.41) is 0. The monoisotopic (exact) mass is 448 g/mol. The number of anilines is 6. The summed E-state index contributed by atoms with van der Waals surface area (Å²) in [6.07, 6.45) is 0. The largest absolute Gasteiger partial charge is 0.311 e. The number of nitrogens with zero attached hydrogens (tertiary/aromatic N) is 2. The Morgan fingerprint density at radius 2 is 0.529 bits per heavy atom. The van der Waals surface area contributed by atoms with Crippen molar-refractivity contribution in [3.63, 3.8) is 0 Å². The molecule has 0 amide bonds. The molecule has 0 bridgehead atoms. The minimum atomic E-state index is -0.273. The van der Waals surface area contributed by atoms with Crippen molar-refractivity contribution in [1.29, 1.82) is 0 Å². The van der Waals surface area contributed by atoms with E-state index in [1.165, 1.54) is 24.3 Å². The molecule has 0 radical (unpaired) electrons. The standard InChI is InChI=1S/C30H22F2N2/c31-23-11-15-27(16-12-23)33(25-7-3-1-4-8-25)29-19-21-30(22-20-29)34(26-9-5-2-6-10-26)28-17-13-24(32)14-18-28/h1-22H. The van der Waals surface area contributed by atoms with Crippen LogP contribution >= 0.6 is 0 Å². The first-order chi connectivity index (χ1) is 16.7. The van der Waals surface area contributed by atoms with Crippen molar-refractivity contribution in [2.75, 3.05) is 9.80 Å². The lowest BCUT2D eigenvalue weighted by atomic mass is 10.1. The van der Waals surface area contributed by atoms with Crippen LogP contribution < -0.4 is 9.80 Å². The third-order valence-electron chi connectivity index (χ3n) is 5.56. The summed E-state index contributed by atoms with van der Waals surface area (Å²) < 4.78 is 27.2. The lowest BCUT2D eigenvalue weighted by molar-refractivity contribution is 0.627. The number of hydrogen-bond acceptors (Lipinski definition) is 2. The molecule has 5 aromatic carbocycles. The van der Waals surface area contributed by atoms with Gasteiger partial charge in [0.1, 0.15) is 11.6 Å². The van der Waals surface area contributed by atoms with E-state index in [4.69, 9.17) is 0 Å². The molecule has 2 nitrogen and oxygen atoms in total. The fourth-order valence-corrected chi connectivity index (χ4v) is 3.98. The van der Waals surface area contributed by atoms with Gasteiger partial charge in [0.15, 0.2) is 0 Å². The van der Waals surface area contributed by atoms with Gasteiger partial charge < -0.3 is 9.80 Å². The molecule has 34 heavy (non-hydrogen) atoms. The van der Waals surface area contributed by atoms with Crippen LogP contribution in [0.2, 0.25) is 0 Å². The van der Waals surface area contributed by atoms with Crippen LogP contribution in [0.15, 0.2) is 133 Å². The molecule has 0 spiro atoms. The second kappa shape index (κ2) is 9.59. The SMILES string of the molecule is Fc1ccc(N(c2ccccc2)c2ccc(N(c3ccccc3)c3ccc(F)cc3)cc2)cc1. The lowest BCUT2D eigenvalue weighted by Crippen LogP contribution is -2.12. The summed E-state index contributed by atoms with van der Waals surface area (Å²) in [5.41, 5.74) is 5.54. The maximum atomic E-state index is 13.6. The maximum Gasteiger partial charge on any atom is 0.123 e. The van der Waals surface area contributed by atoms with Crippen molar-refractivity contribution in [2.45, 2.75) is 0 Å². The van der Waals surface area contributed by atoms with Crippen LogP contribution in [0.4, 0.5) is 42.9 Å². The zero-order valence-electron chi connectivity index (χ0n) is 18.4. The maximum absolute atomic E-state index is 13.6. The molecule has 0 aliphatic rings. The molecule has 5 rings (SSSR count). The molecular formula is C30H22F2N2. The summed E-state index contributed by atoms with van der Waals surface area (Å²) >= 11 is 0. The molecule has 0 atom stereocenters. The molecule has 0 heterocycles. The molecule has 166 valence electrons. The van der Waals surface area contributed by atoms with Crippen molar-refractivity contribution < 1.29 is 8.78 Å². The third-order valence-corrected chi connectivity index (χ3v) is 5.56. The van der Waals surface area contributed by atoms with Crippen molar-refractivity contribution in [3.05, 3.63) is 145 Å². The minimum absolute atomic E-state index is 0.273. The number of para-hydroxylation sites is 2. The van der Waals surface area contributed by atoms with Crippen LogP contribution in [-0.2, 0) is 0 Å². The average molecular weight is 449 g/mol. The van der Waals surface area contributed by atoms with Gasteiger partial charge in [-0.05, 0) is 97.1 Å². The van der Waals surface area contributed by atoms with E-state index in [1.807, 2.05) is 84.9 Å². The topological polar surface area (TPSA) is 6.48 Å². The van der Waals surface area contributed by atoms with E-state index in [0.717, 1.165) is 34.1 Å². The highest BCUT2D eigenvalue weighted by molar-refractivity contribution is 5.80. The van der Waals surface area contributed by atoms with Gasteiger partial charge in [0, 0.05) is 34.1 Å². The van der Waals surface area contributed by atoms with Crippen LogP contribution in [0.3, 0.4) is 0 Å². The Labute approximate surface area is 198 Å². The summed E-state index contributed by atoms with van der Waals surface area (Å²) in [6.45, 7) is 0. The predicted octanol–water partition coefficient (Wildman–Crippen LogP) is 8.90. The van der Waals surface area contributed by atoms with E-state index in [1.54, 1.807) is 24.3 Å². The number of hydrogen-bond donors (Lipinski definition) is 0. The third kappa shape index (κ3) is 4.52. The van der Waals surface area contributed by atoms with Crippen molar-refractivity contribution >= 4 is 34.1 Å². The first kappa shape index (κ1) is 21.4. The average Bonchev–Trinajstić information content (AvgIpc) is 2.89. The summed E-state index contributed by atoms with van der Waals surface area (Å²) in [6, 6.07) is 41.0. The van der Waals surface area contributed by atoms with Crippen molar-refractivity contribution in [1.82, 2.24) is 0 Å². The zero-order chi connectivity index (χ0) is 23.3. The molecular weight excluding hydrogens is 426 g/mol. The highest BCUT2D eigenvalue weighted by Crippen LogP contribution is 2.38. The number of halogens is 2. The van der Waals surface area contributed by atoms with Gasteiger partial charge >= 0.3 is 0 Å². The Morgan fingerprint density at radius 1 is 0.294 bits per heavy atom. The van der Waals surface area contributed by atoms with Gasteiger partial charge in [0.05, 0.1) is 0 Å². The van der Waals surface area contributed by atoms with Crippen LogP contribution in [-0.4, -0.2) is 0 Å². The lowest BCUT2D eigenvalue weighted by Gasteiger charge is -2.28. The zero-order valence-corrected chi connectivity index (χ0v) is 18.4. The highest BCUT2D eigenvalue weighted by Gasteiger charge is 2.15. The van der Waals surface area contributed by atoms with Crippen LogP contribution in [0.5, 0.6) is 0 Å². The van der Waals surface area contributed by atoms with Gasteiger partial charge in [0.25, 0.3) is 0 Å². The molecule has 0 saturated carbocycles. The second-order valence-electron chi connectivity index (χ2n) is 7.81. The van der Waals surface area contributed by atoms with Crippen molar-refractivity contribution in [2.24, 2.45) is 0 Å². The van der Waals surface area contributed by atoms with E-state index >= 15 is 0 Å². The van der Waals surface area contributed by atoms with Crippen LogP contribution in [0.1, 0.15) is 0 Å². The molecule has 0 saturated heterocycles. The van der Waals surface area contributed by atoms with Crippen molar-refractivity contribution in [3.8, 4) is 0 Å². The van der Waals surface area contributed by atoms with Crippen LogP contribution in [0.25, 0.3) is 0 Å². The minimum Gasteiger partial charge on any atom is -0.311 e. The van der Waals surface area contributed by atoms with Gasteiger partial charge in [0.2, 0.25) is 0 Å². The molecule has 0 aliphatic heterocycles. The molecule has 0 aliphatic carbocycles. The van der Waals surface area contributed by atoms with Gasteiger partial charge in [-0.2, -0.15) is 0 Å². The first-order valence-corrected chi connectivity index (χ1v) is 11.0. The normalized spacial score (nSPS) is 10.6. The smallest absolute Gasteiger partial charge is 0.123 e. The Kier molecular flexibility index (Phi) is 6.04. The van der Waals surface area contributed by atoms with Gasteiger partial charge in [-0.15, -0.1) is 0 Å². The van der Waals surface area contributed by atoms with Gasteiger partial charge in [-0.25, -0.2) is 8.78 Å².